The van der Waals surface area contributed by atoms with E-state index < -0.39 is 64.3 Å². The lowest BCUT2D eigenvalue weighted by molar-refractivity contribution is -0.176. The Hall–Kier alpha value is -5.70. The maximum Gasteiger partial charge on any atom is 0.356 e. The number of rotatable bonds is 9. The van der Waals surface area contributed by atoms with Crippen molar-refractivity contribution in [2.45, 2.75) is 143 Å². The molecule has 2 heterocycles. The zero-order valence-electron chi connectivity index (χ0n) is 47.9. The summed E-state index contributed by atoms with van der Waals surface area (Å²) in [7, 11) is -8.03. The maximum atomic E-state index is 13.6. The number of phenols is 1. The van der Waals surface area contributed by atoms with Crippen LogP contribution in [0.15, 0.2) is 175 Å². The van der Waals surface area contributed by atoms with Gasteiger partial charge in [0, 0.05) is 41.4 Å². The molecular formula is C63H74Cl2O14S4. The fourth-order valence-electron chi connectivity index (χ4n) is 10.8. The number of halogens is 2. The van der Waals surface area contributed by atoms with Crippen LogP contribution in [0, 0.1) is 49.4 Å². The van der Waals surface area contributed by atoms with Gasteiger partial charge in [-0.2, -0.15) is 8.42 Å². The predicted molar refractivity (Wildman–Crippen MR) is 320 cm³/mol. The molecule has 448 valence electrons. The average molecular weight is 1250 g/mol. The van der Waals surface area contributed by atoms with Crippen LogP contribution in [0.3, 0.4) is 0 Å². The third kappa shape index (κ3) is 14.5. The lowest BCUT2D eigenvalue weighted by Crippen LogP contribution is -3.00. The van der Waals surface area contributed by atoms with Gasteiger partial charge in [0.2, 0.25) is 5.60 Å². The zero-order chi connectivity index (χ0) is 60.3. The van der Waals surface area contributed by atoms with Gasteiger partial charge in [-0.3, -0.25) is 18.9 Å². The summed E-state index contributed by atoms with van der Waals surface area (Å²) < 4.78 is 70.1. The second-order valence-electron chi connectivity index (χ2n) is 22.1. The molecule has 0 amide bonds. The first-order valence-corrected chi connectivity index (χ1v) is 32.4. The van der Waals surface area contributed by atoms with Gasteiger partial charge in [0.25, 0.3) is 15.4 Å². The molecule has 20 heteroatoms. The second-order valence-corrected chi connectivity index (χ2v) is 29.4. The van der Waals surface area contributed by atoms with Gasteiger partial charge in [-0.05, 0) is 150 Å². The predicted octanol–water partition coefficient (Wildman–Crippen LogP) is 9.71. The Labute approximate surface area is 506 Å². The van der Waals surface area contributed by atoms with E-state index in [9.17, 15) is 32.7 Å². The Balaban J connectivity index is 0.000000262. The molecule has 14 nitrogen and oxygen atoms in total. The fourth-order valence-corrected chi connectivity index (χ4v) is 15.7. The molecule has 83 heavy (non-hydrogen) atoms. The SMILES string of the molecule is C.CC12CCC(C(=O)Cl)(OC1=O)C2(C)C.CS(=O)(=O)O.CS(=O)(=O)[O-].Cc1cc([S+](c2ccccc2)c2ccccc2)cc(C)c1O.Cc1cc([S+](c2ccccc2)c2ccccc2)cc(C)c1OC(=O)C12CCC(C)(C(=O)O1)C2(C)C.[Cl-]. The summed E-state index contributed by atoms with van der Waals surface area (Å²) in [6.07, 6.45) is 3.66. The number of aryl methyl sites for hydroxylation is 4. The van der Waals surface area contributed by atoms with Crippen LogP contribution in [0.1, 0.15) is 96.9 Å². The molecule has 4 bridgehead atoms. The lowest BCUT2D eigenvalue weighted by Gasteiger charge is -2.34. The first kappa shape index (κ1) is 69.8. The van der Waals surface area contributed by atoms with Crippen molar-refractivity contribution in [1.29, 1.82) is 0 Å². The number of phenolic OH excluding ortho intramolecular Hbond substituents is 1. The van der Waals surface area contributed by atoms with Gasteiger partial charge in [0.1, 0.15) is 11.5 Å². The summed E-state index contributed by atoms with van der Waals surface area (Å²) in [5.41, 5.74) is -1.06. The van der Waals surface area contributed by atoms with Gasteiger partial charge < -0.3 is 36.3 Å². The van der Waals surface area contributed by atoms with E-state index in [0.717, 1.165) is 27.1 Å². The van der Waals surface area contributed by atoms with E-state index >= 15 is 0 Å². The molecule has 2 aliphatic carbocycles. The Morgan fingerprint density at radius 3 is 1.05 bits per heavy atom. The molecule has 2 saturated heterocycles. The van der Waals surface area contributed by atoms with E-state index in [4.69, 9.17) is 43.3 Å². The number of benzene rings is 6. The molecule has 0 radical (unpaired) electrons. The highest BCUT2D eigenvalue weighted by Gasteiger charge is 2.77. The molecule has 0 spiro atoms. The topological polar surface area (TPSA) is 228 Å². The summed E-state index contributed by atoms with van der Waals surface area (Å²) >= 11 is 5.56. The smallest absolute Gasteiger partial charge is 0.356 e. The van der Waals surface area contributed by atoms with Crippen LogP contribution in [-0.4, -0.2) is 77.9 Å². The third-order valence-corrected chi connectivity index (χ3v) is 21.0. The maximum absolute atomic E-state index is 13.6. The Morgan fingerprint density at radius 1 is 0.542 bits per heavy atom. The van der Waals surface area contributed by atoms with Crippen LogP contribution in [0.4, 0.5) is 0 Å². The molecule has 6 aromatic rings. The van der Waals surface area contributed by atoms with E-state index in [1.54, 1.807) is 0 Å². The first-order chi connectivity index (χ1) is 37.5. The highest BCUT2D eigenvalue weighted by atomic mass is 35.5. The number of fused-ring (bicyclic) bond motifs is 4. The summed E-state index contributed by atoms with van der Waals surface area (Å²) in [4.78, 5) is 56.7. The number of aromatic hydroxyl groups is 1. The number of hydrogen-bond acceptors (Lipinski definition) is 13. The quantitative estimate of drug-likeness (QED) is 0.0452. The average Bonchev–Trinajstić information content (AvgIpc) is 2.21. The molecule has 4 atom stereocenters. The van der Waals surface area contributed by atoms with Crippen LogP contribution in [0.5, 0.6) is 11.5 Å². The van der Waals surface area contributed by atoms with E-state index in [1.165, 1.54) is 24.5 Å². The summed E-state index contributed by atoms with van der Waals surface area (Å²) in [6.45, 7) is 19.3. The van der Waals surface area contributed by atoms with Crippen molar-refractivity contribution in [3.8, 4) is 11.5 Å². The van der Waals surface area contributed by atoms with Crippen LogP contribution >= 0.6 is 11.6 Å². The van der Waals surface area contributed by atoms with Crippen molar-refractivity contribution in [3.05, 3.63) is 168 Å². The number of carbonyl (C=O) groups excluding carboxylic acids is 4. The highest BCUT2D eigenvalue weighted by Crippen LogP contribution is 2.67. The van der Waals surface area contributed by atoms with Crippen molar-refractivity contribution >= 4 is 76.8 Å². The Bertz CT molecular complexity index is 3360. The fraction of sp³-hybridized carbons (Fsp3) is 0.365. The van der Waals surface area contributed by atoms with Crippen LogP contribution < -0.4 is 17.1 Å². The summed E-state index contributed by atoms with van der Waals surface area (Å²) in [5, 5.41) is 9.51. The van der Waals surface area contributed by atoms with Crippen LogP contribution in [0.25, 0.3) is 0 Å². The third-order valence-electron chi connectivity index (χ3n) is 16.3. The Kier molecular flexibility index (Phi) is 22.4. The minimum absolute atomic E-state index is 0. The highest BCUT2D eigenvalue weighted by molar-refractivity contribution is 7.97. The van der Waals surface area contributed by atoms with Crippen LogP contribution in [-0.2, 0) is 70.7 Å². The molecule has 10 rings (SSSR count). The normalized spacial score (nSPS) is 22.0. The van der Waals surface area contributed by atoms with E-state index in [1.807, 2.05) is 93.5 Å². The number of carbonyl (C=O) groups is 4. The number of hydrogen-bond donors (Lipinski definition) is 2. The minimum Gasteiger partial charge on any atom is -1.00 e. The minimum atomic E-state index is -3.92. The van der Waals surface area contributed by atoms with Gasteiger partial charge in [0.15, 0.2) is 35.0 Å². The standard InChI is InChI=1S/C30H31O4S.C20H18OS.C10H13ClO3.2CH4O3S.CH4.ClH/c1-20-18-24(35(22-12-8-6-9-13-22)23-14-10-7-11-15-23)19-21(2)25(20)33-27(32)30-17-16-29(5,26(31)34-30)28(30,3)4;1-15-13-19(14-16(2)20(15)21)22(17-9-5-3-6-10-17)18-11-7-4-8-12-18;1-8(2)9(3)4-5-10(8,6(11)12)14-7(9)13;2*1-5(2,3)4;;/h6-15,18-19H,16-17H2,1-5H3;3-14H,1-2H3;4-5H2,1-3H3;2*1H3,(H,2,3,4);1H4;1H/q+1;;;;;;/p-1. The van der Waals surface area contributed by atoms with Crippen molar-refractivity contribution in [2.75, 3.05) is 12.5 Å². The monoisotopic (exact) mass is 1250 g/mol. The van der Waals surface area contributed by atoms with Crippen molar-refractivity contribution in [3.63, 3.8) is 0 Å². The zero-order valence-corrected chi connectivity index (χ0v) is 52.6. The van der Waals surface area contributed by atoms with Gasteiger partial charge in [-0.1, -0.05) is 108 Å². The van der Waals surface area contributed by atoms with Crippen molar-refractivity contribution in [1.82, 2.24) is 0 Å². The van der Waals surface area contributed by atoms with Crippen molar-refractivity contribution < 1.29 is 76.8 Å². The molecule has 0 aromatic heterocycles. The van der Waals surface area contributed by atoms with E-state index in [2.05, 4.69) is 121 Å². The summed E-state index contributed by atoms with van der Waals surface area (Å²) in [6, 6.07) is 50.5. The number of esters is 3. The molecule has 4 aliphatic rings. The molecular weight excluding hydrogens is 1180 g/mol. The Morgan fingerprint density at radius 2 is 0.807 bits per heavy atom. The molecule has 2 aliphatic heterocycles. The lowest BCUT2D eigenvalue weighted by atomic mass is 9.66. The van der Waals surface area contributed by atoms with E-state index in [0.29, 0.717) is 49.7 Å². The van der Waals surface area contributed by atoms with Gasteiger partial charge in [0.05, 0.1) is 49.0 Å². The van der Waals surface area contributed by atoms with Crippen LogP contribution in [0.2, 0.25) is 0 Å². The second kappa shape index (κ2) is 26.7. The first-order valence-electron chi connectivity index (χ1n) is 25.9. The van der Waals surface area contributed by atoms with Crippen molar-refractivity contribution in [2.24, 2.45) is 21.7 Å². The molecule has 2 saturated carbocycles. The molecule has 4 unspecified atom stereocenters. The number of ether oxygens (including phenoxy) is 3. The molecule has 4 fully saturated rings. The summed E-state index contributed by atoms with van der Waals surface area (Å²) in [5.74, 6) is -0.119. The van der Waals surface area contributed by atoms with Gasteiger partial charge >= 0.3 is 17.9 Å². The van der Waals surface area contributed by atoms with Gasteiger partial charge in [-0.25, -0.2) is 13.2 Å². The largest absolute Gasteiger partial charge is 1.00 e. The van der Waals surface area contributed by atoms with Gasteiger partial charge in [-0.15, -0.1) is 0 Å². The molecule has 2 N–H and O–H groups in total. The molecule has 6 aromatic carbocycles. The van der Waals surface area contributed by atoms with E-state index in [-0.39, 0.29) is 53.6 Å².